The van der Waals surface area contributed by atoms with E-state index in [9.17, 15) is 28.4 Å². The molecule has 4 aromatic rings. The van der Waals surface area contributed by atoms with Gasteiger partial charge >= 0.3 is 5.97 Å². The van der Waals surface area contributed by atoms with Gasteiger partial charge < -0.3 is 10.4 Å². The van der Waals surface area contributed by atoms with E-state index < -0.39 is 44.1 Å². The van der Waals surface area contributed by atoms with E-state index in [1.807, 2.05) is 66.9 Å². The van der Waals surface area contributed by atoms with Gasteiger partial charge in [-0.05, 0) is 41.8 Å². The average Bonchev–Trinajstić information content (AvgIpc) is 3.47. The number of aromatic nitrogens is 2. The number of rotatable bonds is 13. The summed E-state index contributed by atoms with van der Waals surface area (Å²) < 4.78 is 29.6. The molecule has 0 saturated carbocycles. The second-order valence-electron chi connectivity index (χ2n) is 8.80. The second-order valence-corrected chi connectivity index (χ2v) is 10.7. The number of hydrogen-bond acceptors (Lipinski definition) is 7. The van der Waals surface area contributed by atoms with Crippen LogP contribution in [0.4, 0.5) is 5.69 Å². The minimum absolute atomic E-state index is 0.228. The van der Waals surface area contributed by atoms with Crippen LogP contribution in [0.3, 0.4) is 0 Å². The highest BCUT2D eigenvalue weighted by Gasteiger charge is 2.34. The monoisotopic (exact) mass is 549 g/mol. The molecular weight excluding hydrogens is 522 g/mol. The minimum Gasteiger partial charge on any atom is -0.480 e. The summed E-state index contributed by atoms with van der Waals surface area (Å²) in [4.78, 5) is 21.9. The van der Waals surface area contributed by atoms with Crippen LogP contribution in [-0.4, -0.2) is 57.6 Å². The lowest BCUT2D eigenvalue weighted by atomic mass is 10.1. The lowest BCUT2D eigenvalue weighted by molar-refractivity contribution is -0.387. The summed E-state index contributed by atoms with van der Waals surface area (Å²) in [5, 5.41) is 28.7. The quantitative estimate of drug-likeness (QED) is 0.191. The lowest BCUT2D eigenvalue weighted by Gasteiger charge is -2.27. The minimum atomic E-state index is -4.52. The zero-order chi connectivity index (χ0) is 27.8. The number of carboxylic acids is 1. The van der Waals surface area contributed by atoms with Gasteiger partial charge in [0.15, 0.2) is 4.90 Å². The van der Waals surface area contributed by atoms with Gasteiger partial charge in [0.1, 0.15) is 6.54 Å². The first kappa shape index (κ1) is 27.6. The van der Waals surface area contributed by atoms with Crippen molar-refractivity contribution >= 4 is 21.7 Å². The van der Waals surface area contributed by atoms with Crippen molar-refractivity contribution in [3.8, 4) is 5.69 Å². The summed E-state index contributed by atoms with van der Waals surface area (Å²) in [6.07, 6.45) is 3.89. The molecule has 0 radical (unpaired) electrons. The Morgan fingerprint density at radius 3 is 2.44 bits per heavy atom. The van der Waals surface area contributed by atoms with Gasteiger partial charge in [0.05, 0.1) is 10.6 Å². The molecule has 2 N–H and O–H groups in total. The van der Waals surface area contributed by atoms with E-state index in [0.29, 0.717) is 13.0 Å². The molecule has 4 rings (SSSR count). The standard InChI is InChI=1S/C27H27N5O6S/c33-27(34)20-30(39(37,38)26-13-5-4-12-25(26)32(35)36)19-23(16-21-8-2-1-3-9-21)28-18-22-10-6-11-24(17-22)31-15-7-14-29-31/h1-15,17,23,28H,16,18-20H2,(H,33,34). The van der Waals surface area contributed by atoms with Crippen molar-refractivity contribution in [3.05, 3.63) is 119 Å². The fraction of sp³-hybridized carbons (Fsp3) is 0.185. The fourth-order valence-corrected chi connectivity index (χ4v) is 5.79. The Balaban J connectivity index is 1.62. The molecule has 3 aromatic carbocycles. The van der Waals surface area contributed by atoms with Crippen molar-refractivity contribution in [2.45, 2.75) is 23.9 Å². The molecule has 0 spiro atoms. The third kappa shape index (κ3) is 7.13. The molecule has 202 valence electrons. The lowest BCUT2D eigenvalue weighted by Crippen LogP contribution is -2.46. The summed E-state index contributed by atoms with van der Waals surface area (Å²) in [5.41, 5.74) is 2.06. The maximum Gasteiger partial charge on any atom is 0.318 e. The van der Waals surface area contributed by atoms with Crippen LogP contribution in [0.25, 0.3) is 5.69 Å². The maximum atomic E-state index is 13.6. The Morgan fingerprint density at radius 1 is 1.03 bits per heavy atom. The zero-order valence-electron chi connectivity index (χ0n) is 20.8. The van der Waals surface area contributed by atoms with E-state index in [1.54, 1.807) is 10.9 Å². The molecule has 1 unspecified atom stereocenters. The molecule has 0 amide bonds. The molecule has 0 bridgehead atoms. The number of nitro groups is 1. The molecule has 0 saturated heterocycles. The molecule has 39 heavy (non-hydrogen) atoms. The summed E-state index contributed by atoms with van der Waals surface area (Å²) in [6.45, 7) is -0.719. The third-order valence-electron chi connectivity index (χ3n) is 6.01. The van der Waals surface area contributed by atoms with E-state index in [0.717, 1.165) is 33.3 Å². The molecule has 0 fully saturated rings. The van der Waals surface area contributed by atoms with E-state index in [-0.39, 0.29) is 6.54 Å². The van der Waals surface area contributed by atoms with Gasteiger partial charge in [0, 0.05) is 37.6 Å². The highest BCUT2D eigenvalue weighted by atomic mass is 32.2. The average molecular weight is 550 g/mol. The highest BCUT2D eigenvalue weighted by molar-refractivity contribution is 7.89. The first-order valence-corrected chi connectivity index (χ1v) is 13.5. The van der Waals surface area contributed by atoms with Crippen LogP contribution in [0, 0.1) is 10.1 Å². The molecule has 1 aromatic heterocycles. The number of nitrogens with zero attached hydrogens (tertiary/aromatic N) is 4. The maximum absolute atomic E-state index is 13.6. The Bertz CT molecular complexity index is 1530. The van der Waals surface area contributed by atoms with Crippen LogP contribution in [0.15, 0.2) is 102 Å². The number of hydrogen-bond donors (Lipinski definition) is 2. The van der Waals surface area contributed by atoms with Gasteiger partial charge in [0.25, 0.3) is 5.69 Å². The molecule has 11 nitrogen and oxygen atoms in total. The highest BCUT2D eigenvalue weighted by Crippen LogP contribution is 2.26. The number of carboxylic acid groups (broad SMARTS) is 1. The normalized spacial score (nSPS) is 12.3. The van der Waals surface area contributed by atoms with Crippen LogP contribution in [0.2, 0.25) is 0 Å². The predicted octanol–water partition coefficient (Wildman–Crippen LogP) is 3.26. The number of para-hydroxylation sites is 1. The second kappa shape index (κ2) is 12.4. The van der Waals surface area contributed by atoms with Gasteiger partial charge in [-0.3, -0.25) is 14.9 Å². The molecule has 1 heterocycles. The van der Waals surface area contributed by atoms with Gasteiger partial charge in [-0.2, -0.15) is 9.40 Å². The van der Waals surface area contributed by atoms with Gasteiger partial charge in [0.2, 0.25) is 10.0 Å². The number of sulfonamides is 1. The smallest absolute Gasteiger partial charge is 0.318 e. The summed E-state index contributed by atoms with van der Waals surface area (Å²) in [6, 6.07) is 23.2. The van der Waals surface area contributed by atoms with Gasteiger partial charge in [-0.1, -0.05) is 54.6 Å². The first-order valence-electron chi connectivity index (χ1n) is 12.1. The summed E-state index contributed by atoms with van der Waals surface area (Å²) >= 11 is 0. The number of nitrogens with one attached hydrogen (secondary N) is 1. The molecule has 12 heteroatoms. The first-order chi connectivity index (χ1) is 18.7. The molecular formula is C27H27N5O6S. The van der Waals surface area contributed by atoms with Crippen LogP contribution in [0.5, 0.6) is 0 Å². The van der Waals surface area contributed by atoms with Crippen molar-refractivity contribution in [1.29, 1.82) is 0 Å². The third-order valence-corrected chi connectivity index (χ3v) is 7.87. The Kier molecular flexibility index (Phi) is 8.81. The Labute approximate surface area is 225 Å². The van der Waals surface area contributed by atoms with Crippen molar-refractivity contribution in [1.82, 2.24) is 19.4 Å². The molecule has 0 aliphatic heterocycles. The van der Waals surface area contributed by atoms with Crippen molar-refractivity contribution < 1.29 is 23.2 Å². The SMILES string of the molecule is O=C(O)CN(CC(Cc1ccccc1)NCc1cccc(-n2cccn2)c1)S(=O)(=O)c1ccccc1[N+](=O)[O-]. The summed E-state index contributed by atoms with van der Waals surface area (Å²) in [7, 11) is -4.52. The molecule has 0 aliphatic rings. The van der Waals surface area contributed by atoms with Gasteiger partial charge in [-0.15, -0.1) is 0 Å². The topological polar surface area (TPSA) is 148 Å². The Morgan fingerprint density at radius 2 is 1.74 bits per heavy atom. The Hall–Kier alpha value is -4.39. The number of aliphatic carboxylic acids is 1. The zero-order valence-corrected chi connectivity index (χ0v) is 21.6. The van der Waals surface area contributed by atoms with Gasteiger partial charge in [-0.25, -0.2) is 13.1 Å². The largest absolute Gasteiger partial charge is 0.480 e. The van der Waals surface area contributed by atoms with Crippen LogP contribution in [0.1, 0.15) is 11.1 Å². The number of benzene rings is 3. The van der Waals surface area contributed by atoms with Crippen molar-refractivity contribution in [2.24, 2.45) is 0 Å². The van der Waals surface area contributed by atoms with E-state index in [4.69, 9.17) is 0 Å². The van der Waals surface area contributed by atoms with Crippen LogP contribution < -0.4 is 5.32 Å². The van der Waals surface area contributed by atoms with E-state index >= 15 is 0 Å². The summed E-state index contributed by atoms with van der Waals surface area (Å²) in [5.74, 6) is -1.37. The van der Waals surface area contributed by atoms with Crippen molar-refractivity contribution in [2.75, 3.05) is 13.1 Å². The van der Waals surface area contributed by atoms with Crippen molar-refractivity contribution in [3.63, 3.8) is 0 Å². The predicted molar refractivity (Wildman–Crippen MR) is 144 cm³/mol. The fourth-order valence-electron chi connectivity index (χ4n) is 4.20. The molecule has 0 aliphatic carbocycles. The van der Waals surface area contributed by atoms with E-state index in [2.05, 4.69) is 10.4 Å². The van der Waals surface area contributed by atoms with Crippen LogP contribution in [-0.2, 0) is 27.8 Å². The van der Waals surface area contributed by atoms with Crippen LogP contribution >= 0.6 is 0 Å². The number of carbonyl (C=O) groups is 1. The molecule has 1 atom stereocenters. The number of nitro benzene ring substituents is 1. The van der Waals surface area contributed by atoms with E-state index in [1.165, 1.54) is 12.1 Å².